The molecule has 26 heavy (non-hydrogen) atoms. The standard InChI is InChI=1S/C23H31N3/c1-16(2)20-18(5)21(19-12-8-6-9-13-19)25-22(20)23(24-17(3)4)26-14-10-7-11-15-26/h6,8-9,12-13,25H,7,10-11,14-15H2,1-5H3/b23-22-. The molecule has 1 aliphatic heterocycles. The van der Waals surface area contributed by atoms with Crippen LogP contribution in [0.25, 0.3) is 22.7 Å². The van der Waals surface area contributed by atoms with E-state index in [-0.39, 0.29) is 0 Å². The number of benzene rings is 1. The minimum absolute atomic E-state index is 1.09. The molecule has 3 nitrogen and oxygen atoms in total. The molecule has 0 radical (unpaired) electrons. The Morgan fingerprint density at radius 3 is 2.19 bits per heavy atom. The molecule has 0 atom stereocenters. The van der Waals surface area contributed by atoms with Crippen LogP contribution in [0, 0.1) is 6.92 Å². The molecule has 1 fully saturated rings. The number of nitrogens with zero attached hydrogens (tertiary/aromatic N) is 2. The smallest absolute Gasteiger partial charge is 0.152 e. The number of H-pyrrole nitrogens is 1. The van der Waals surface area contributed by atoms with Crippen molar-refractivity contribution >= 4 is 17.1 Å². The van der Waals surface area contributed by atoms with E-state index in [4.69, 9.17) is 4.99 Å². The van der Waals surface area contributed by atoms with Crippen LogP contribution in [-0.2, 0) is 0 Å². The summed E-state index contributed by atoms with van der Waals surface area (Å²) in [5.74, 6) is 1.10. The van der Waals surface area contributed by atoms with Crippen molar-refractivity contribution in [3.05, 3.63) is 46.5 Å². The van der Waals surface area contributed by atoms with Gasteiger partial charge in [-0.25, -0.2) is 4.99 Å². The fraction of sp³-hybridized carbons (Fsp3) is 0.435. The van der Waals surface area contributed by atoms with E-state index in [1.807, 2.05) is 0 Å². The van der Waals surface area contributed by atoms with Crippen LogP contribution in [0.5, 0.6) is 0 Å². The minimum Gasteiger partial charge on any atom is -0.355 e. The first-order valence-corrected chi connectivity index (χ1v) is 9.71. The Morgan fingerprint density at radius 2 is 1.62 bits per heavy atom. The summed E-state index contributed by atoms with van der Waals surface area (Å²) in [6.07, 6.45) is 3.82. The van der Waals surface area contributed by atoms with Gasteiger partial charge in [-0.05, 0) is 65.0 Å². The number of rotatable bonds is 3. The molecule has 0 aliphatic carbocycles. The van der Waals surface area contributed by atoms with Gasteiger partial charge in [0.25, 0.3) is 0 Å². The third-order valence-electron chi connectivity index (χ3n) is 5.02. The van der Waals surface area contributed by atoms with Crippen LogP contribution in [0.1, 0.15) is 52.5 Å². The van der Waals surface area contributed by atoms with Gasteiger partial charge in [-0.15, -0.1) is 0 Å². The first-order valence-electron chi connectivity index (χ1n) is 9.71. The van der Waals surface area contributed by atoms with E-state index in [0.29, 0.717) is 0 Å². The van der Waals surface area contributed by atoms with Gasteiger partial charge in [-0.1, -0.05) is 35.9 Å². The van der Waals surface area contributed by atoms with Gasteiger partial charge in [0, 0.05) is 29.7 Å². The highest BCUT2D eigenvalue weighted by Crippen LogP contribution is 2.20. The van der Waals surface area contributed by atoms with E-state index in [9.17, 15) is 0 Å². The summed E-state index contributed by atoms with van der Waals surface area (Å²) in [4.78, 5) is 11.2. The second-order valence-electron chi connectivity index (χ2n) is 7.67. The summed E-state index contributed by atoms with van der Waals surface area (Å²) in [7, 11) is 0. The van der Waals surface area contributed by atoms with Crippen molar-refractivity contribution in [2.45, 2.75) is 53.9 Å². The lowest BCUT2D eigenvalue weighted by Crippen LogP contribution is -2.37. The van der Waals surface area contributed by atoms with Gasteiger partial charge in [0.2, 0.25) is 0 Å². The molecule has 0 saturated carbocycles. The lowest BCUT2D eigenvalue weighted by Gasteiger charge is -2.28. The van der Waals surface area contributed by atoms with Crippen LogP contribution in [0.4, 0.5) is 0 Å². The van der Waals surface area contributed by atoms with Crippen molar-refractivity contribution in [2.75, 3.05) is 13.1 Å². The number of aliphatic imine (C=N–C) groups is 1. The van der Waals surface area contributed by atoms with Crippen molar-refractivity contribution < 1.29 is 0 Å². The normalized spacial score (nSPS) is 15.7. The summed E-state index contributed by atoms with van der Waals surface area (Å²) in [5, 5.41) is 2.49. The number of aromatic nitrogens is 1. The monoisotopic (exact) mass is 349 g/mol. The molecule has 1 N–H and O–H groups in total. The van der Waals surface area contributed by atoms with Gasteiger partial charge < -0.3 is 9.88 Å². The zero-order valence-corrected chi connectivity index (χ0v) is 16.8. The largest absolute Gasteiger partial charge is 0.355 e. The molecular weight excluding hydrogens is 318 g/mol. The molecule has 0 amide bonds. The predicted octanol–water partition coefficient (Wildman–Crippen LogP) is 4.21. The van der Waals surface area contributed by atoms with E-state index in [1.165, 1.54) is 52.2 Å². The number of nitrogens with one attached hydrogen (secondary N) is 1. The number of aromatic amines is 1. The lowest BCUT2D eigenvalue weighted by molar-refractivity contribution is 0.319. The molecule has 0 spiro atoms. The minimum atomic E-state index is 1.09. The first-order chi connectivity index (χ1) is 12.5. The number of hydrogen-bond donors (Lipinski definition) is 1. The van der Waals surface area contributed by atoms with Crippen molar-refractivity contribution in [1.29, 1.82) is 0 Å². The predicted molar refractivity (Wildman–Crippen MR) is 113 cm³/mol. The zero-order valence-electron chi connectivity index (χ0n) is 16.8. The fourth-order valence-electron chi connectivity index (χ4n) is 3.88. The molecule has 1 aliphatic rings. The van der Waals surface area contributed by atoms with Crippen LogP contribution in [0.3, 0.4) is 0 Å². The SMILES string of the molecule is CC(C)=N/C(=c1/[nH]c(-c2ccccc2)c(C)c1=C(C)C)N1CCCCC1. The average molecular weight is 350 g/mol. The summed E-state index contributed by atoms with van der Waals surface area (Å²) >= 11 is 0. The molecular formula is C23H31N3. The summed E-state index contributed by atoms with van der Waals surface area (Å²) in [5.41, 5.74) is 6.17. The molecule has 1 aromatic carbocycles. The Kier molecular flexibility index (Phi) is 5.65. The summed E-state index contributed by atoms with van der Waals surface area (Å²) < 4.78 is 0. The molecule has 0 unspecified atom stereocenters. The summed E-state index contributed by atoms with van der Waals surface area (Å²) in [6, 6.07) is 10.6. The Bertz CT molecular complexity index is 902. The van der Waals surface area contributed by atoms with E-state index in [2.05, 4.69) is 74.8 Å². The van der Waals surface area contributed by atoms with Gasteiger partial charge in [0.1, 0.15) is 0 Å². The lowest BCUT2D eigenvalue weighted by atomic mass is 10.1. The third kappa shape index (κ3) is 3.77. The highest BCUT2D eigenvalue weighted by molar-refractivity contribution is 5.83. The van der Waals surface area contributed by atoms with E-state index in [0.717, 1.165) is 24.6 Å². The van der Waals surface area contributed by atoms with Gasteiger partial charge in [0.15, 0.2) is 5.82 Å². The molecule has 1 aromatic heterocycles. The maximum atomic E-state index is 4.98. The highest BCUT2D eigenvalue weighted by atomic mass is 15.2. The molecule has 0 bridgehead atoms. The third-order valence-corrected chi connectivity index (χ3v) is 5.02. The Balaban J connectivity index is 2.35. The van der Waals surface area contributed by atoms with Crippen LogP contribution >= 0.6 is 0 Å². The van der Waals surface area contributed by atoms with E-state index >= 15 is 0 Å². The number of likely N-dealkylation sites (tertiary alicyclic amines) is 1. The van der Waals surface area contributed by atoms with Crippen LogP contribution < -0.4 is 10.6 Å². The Hall–Kier alpha value is -2.29. The Morgan fingerprint density at radius 1 is 0.962 bits per heavy atom. The maximum Gasteiger partial charge on any atom is 0.152 e. The number of piperidine rings is 1. The van der Waals surface area contributed by atoms with Crippen molar-refractivity contribution in [3.63, 3.8) is 0 Å². The molecule has 3 heteroatoms. The van der Waals surface area contributed by atoms with Gasteiger partial charge in [0.05, 0.1) is 5.35 Å². The molecule has 2 heterocycles. The van der Waals surface area contributed by atoms with Gasteiger partial charge in [-0.3, -0.25) is 0 Å². The first kappa shape index (κ1) is 18.5. The second kappa shape index (κ2) is 7.94. The van der Waals surface area contributed by atoms with Crippen LogP contribution in [0.2, 0.25) is 0 Å². The topological polar surface area (TPSA) is 31.4 Å². The highest BCUT2D eigenvalue weighted by Gasteiger charge is 2.17. The van der Waals surface area contributed by atoms with Gasteiger partial charge in [-0.2, -0.15) is 0 Å². The van der Waals surface area contributed by atoms with E-state index in [1.54, 1.807) is 0 Å². The van der Waals surface area contributed by atoms with Crippen molar-refractivity contribution in [2.24, 2.45) is 4.99 Å². The van der Waals surface area contributed by atoms with Crippen molar-refractivity contribution in [3.8, 4) is 11.3 Å². The van der Waals surface area contributed by atoms with Crippen molar-refractivity contribution in [1.82, 2.24) is 9.88 Å². The van der Waals surface area contributed by atoms with E-state index < -0.39 is 0 Å². The number of hydrogen-bond acceptors (Lipinski definition) is 2. The average Bonchev–Trinajstić information content (AvgIpc) is 2.98. The summed E-state index contributed by atoms with van der Waals surface area (Å²) in [6.45, 7) is 13.0. The van der Waals surface area contributed by atoms with Crippen LogP contribution in [-0.4, -0.2) is 28.7 Å². The molecule has 1 saturated heterocycles. The quantitative estimate of drug-likeness (QED) is 0.827. The molecule has 138 valence electrons. The fourth-order valence-corrected chi connectivity index (χ4v) is 3.88. The zero-order chi connectivity index (χ0) is 18.7. The molecule has 2 aromatic rings. The Labute approximate surface area is 157 Å². The molecule has 3 rings (SSSR count). The second-order valence-corrected chi connectivity index (χ2v) is 7.67. The van der Waals surface area contributed by atoms with Gasteiger partial charge >= 0.3 is 0 Å². The maximum absolute atomic E-state index is 4.98. The van der Waals surface area contributed by atoms with Crippen LogP contribution in [0.15, 0.2) is 35.3 Å².